The Morgan fingerprint density at radius 1 is 1.16 bits per heavy atom. The molecular formula is C23H21N5O3S. The second kappa shape index (κ2) is 8.08. The van der Waals surface area contributed by atoms with Crippen LogP contribution in [0.15, 0.2) is 53.9 Å². The molecule has 2 aromatic heterocycles. The van der Waals surface area contributed by atoms with Crippen LogP contribution in [0.3, 0.4) is 0 Å². The van der Waals surface area contributed by atoms with Crippen LogP contribution in [-0.4, -0.2) is 40.1 Å². The van der Waals surface area contributed by atoms with Gasteiger partial charge in [-0.15, -0.1) is 16.4 Å². The number of hydrogen-bond donors (Lipinski definition) is 1. The predicted molar refractivity (Wildman–Crippen MR) is 123 cm³/mol. The molecule has 4 aromatic rings. The van der Waals surface area contributed by atoms with Crippen LogP contribution in [0.25, 0.3) is 16.2 Å². The van der Waals surface area contributed by atoms with Crippen molar-refractivity contribution in [3.05, 3.63) is 59.5 Å². The Kier molecular flexibility index (Phi) is 5.10. The quantitative estimate of drug-likeness (QED) is 0.503. The molecular weight excluding hydrogens is 426 g/mol. The van der Waals surface area contributed by atoms with Crippen molar-refractivity contribution in [1.29, 1.82) is 0 Å². The molecule has 1 fully saturated rings. The summed E-state index contributed by atoms with van der Waals surface area (Å²) < 4.78 is 6.89. The number of nitrogens with zero attached hydrogens (tertiary/aromatic N) is 4. The van der Waals surface area contributed by atoms with Crippen molar-refractivity contribution in [2.45, 2.75) is 13.3 Å². The molecule has 0 radical (unpaired) electrons. The maximum Gasteiger partial charge on any atom is 0.250 e. The maximum atomic E-state index is 12.8. The summed E-state index contributed by atoms with van der Waals surface area (Å²) in [6, 6.07) is 15.4. The number of nitrogens with one attached hydrogen (secondary N) is 1. The number of methoxy groups -OCH3 is 1. The zero-order valence-electron chi connectivity index (χ0n) is 17.6. The van der Waals surface area contributed by atoms with Crippen molar-refractivity contribution in [3.63, 3.8) is 0 Å². The van der Waals surface area contributed by atoms with E-state index in [4.69, 9.17) is 4.74 Å². The molecule has 2 aromatic carbocycles. The Bertz CT molecular complexity index is 1290. The van der Waals surface area contributed by atoms with Gasteiger partial charge in [0.15, 0.2) is 0 Å². The molecule has 2 amide bonds. The SMILES string of the molecule is COc1ccc(N2CC(C(=O)Nc3nc4scc(-c5ccc(C)cc5)n4n3)CC2=O)cc1. The number of hydrogen-bond acceptors (Lipinski definition) is 6. The van der Waals surface area contributed by atoms with Gasteiger partial charge in [0, 0.05) is 29.6 Å². The predicted octanol–water partition coefficient (Wildman–Crippen LogP) is 3.77. The lowest BCUT2D eigenvalue weighted by molar-refractivity contribution is -0.122. The van der Waals surface area contributed by atoms with Crippen LogP contribution in [-0.2, 0) is 9.59 Å². The summed E-state index contributed by atoms with van der Waals surface area (Å²) in [6.07, 6.45) is 0.148. The van der Waals surface area contributed by atoms with Gasteiger partial charge in [-0.1, -0.05) is 29.8 Å². The van der Waals surface area contributed by atoms with E-state index in [0.717, 1.165) is 16.9 Å². The third-order valence-corrected chi connectivity index (χ3v) is 6.36. The van der Waals surface area contributed by atoms with Gasteiger partial charge in [0.05, 0.1) is 18.7 Å². The van der Waals surface area contributed by atoms with Crippen LogP contribution < -0.4 is 15.0 Å². The summed E-state index contributed by atoms with van der Waals surface area (Å²) >= 11 is 1.46. The standard InChI is InChI=1S/C23H21N5O3S/c1-14-3-5-15(6-4-14)19-13-32-23-25-22(26-28(19)23)24-21(30)16-11-20(29)27(12-16)17-7-9-18(31-2)10-8-17/h3-10,13,16H,11-12H2,1-2H3,(H,24,26,30). The molecule has 1 saturated heterocycles. The molecule has 1 N–H and O–H groups in total. The Balaban J connectivity index is 1.30. The molecule has 1 unspecified atom stereocenters. The number of ether oxygens (including phenoxy) is 1. The van der Waals surface area contributed by atoms with Gasteiger partial charge in [-0.2, -0.15) is 4.98 Å². The van der Waals surface area contributed by atoms with Crippen LogP contribution >= 0.6 is 11.3 Å². The summed E-state index contributed by atoms with van der Waals surface area (Å²) in [7, 11) is 1.59. The Labute approximate surface area is 188 Å². The van der Waals surface area contributed by atoms with Crippen molar-refractivity contribution in [2.75, 3.05) is 23.9 Å². The van der Waals surface area contributed by atoms with Crippen LogP contribution in [0, 0.1) is 12.8 Å². The van der Waals surface area contributed by atoms with E-state index in [1.54, 1.807) is 28.7 Å². The summed E-state index contributed by atoms with van der Waals surface area (Å²) in [5.41, 5.74) is 3.87. The summed E-state index contributed by atoms with van der Waals surface area (Å²) in [5, 5.41) is 9.25. The molecule has 0 aliphatic carbocycles. The third kappa shape index (κ3) is 3.71. The normalized spacial score (nSPS) is 16.0. The van der Waals surface area contributed by atoms with E-state index in [1.165, 1.54) is 16.9 Å². The van der Waals surface area contributed by atoms with Gasteiger partial charge >= 0.3 is 0 Å². The fourth-order valence-electron chi connectivity index (χ4n) is 3.76. The molecule has 1 atom stereocenters. The number of rotatable bonds is 5. The molecule has 0 saturated carbocycles. The average molecular weight is 448 g/mol. The van der Waals surface area contributed by atoms with E-state index in [9.17, 15) is 9.59 Å². The number of anilines is 2. The molecule has 0 bridgehead atoms. The number of aryl methyl sites for hydroxylation is 1. The minimum atomic E-state index is -0.470. The third-order valence-electron chi connectivity index (χ3n) is 5.54. The highest BCUT2D eigenvalue weighted by Crippen LogP contribution is 2.29. The van der Waals surface area contributed by atoms with Crippen LogP contribution in [0.5, 0.6) is 5.75 Å². The van der Waals surface area contributed by atoms with Gasteiger partial charge in [-0.25, -0.2) is 4.52 Å². The fourth-order valence-corrected chi connectivity index (χ4v) is 4.60. The first-order valence-electron chi connectivity index (χ1n) is 10.2. The first kappa shape index (κ1) is 20.2. The summed E-state index contributed by atoms with van der Waals surface area (Å²) in [5.74, 6) is 0.138. The highest BCUT2D eigenvalue weighted by Gasteiger charge is 2.35. The molecule has 8 nitrogen and oxygen atoms in total. The van der Waals surface area contributed by atoms with Gasteiger partial charge in [-0.05, 0) is 31.2 Å². The number of benzene rings is 2. The first-order chi connectivity index (χ1) is 15.5. The first-order valence-corrected chi connectivity index (χ1v) is 11.1. The zero-order chi connectivity index (χ0) is 22.2. The van der Waals surface area contributed by atoms with E-state index in [2.05, 4.69) is 15.4 Å². The summed E-state index contributed by atoms with van der Waals surface area (Å²) in [4.78, 5) is 32.1. The van der Waals surface area contributed by atoms with Crippen molar-refractivity contribution in [2.24, 2.45) is 5.92 Å². The zero-order valence-corrected chi connectivity index (χ0v) is 18.4. The highest BCUT2D eigenvalue weighted by atomic mass is 32.1. The van der Waals surface area contributed by atoms with Crippen molar-refractivity contribution < 1.29 is 14.3 Å². The number of carbonyl (C=O) groups is 2. The molecule has 32 heavy (non-hydrogen) atoms. The van der Waals surface area contributed by atoms with Gasteiger partial charge in [0.2, 0.25) is 22.7 Å². The monoisotopic (exact) mass is 447 g/mol. The smallest absolute Gasteiger partial charge is 0.250 e. The molecule has 1 aliphatic rings. The van der Waals surface area contributed by atoms with Crippen molar-refractivity contribution in [1.82, 2.24) is 14.6 Å². The van der Waals surface area contributed by atoms with E-state index in [0.29, 0.717) is 17.3 Å². The molecule has 1 aliphatic heterocycles. The van der Waals surface area contributed by atoms with Gasteiger partial charge < -0.3 is 9.64 Å². The number of thiazole rings is 1. The minimum absolute atomic E-state index is 0.0873. The Morgan fingerprint density at radius 2 is 1.91 bits per heavy atom. The second-order valence-corrected chi connectivity index (χ2v) is 8.55. The van der Waals surface area contributed by atoms with Gasteiger partial charge in [0.25, 0.3) is 0 Å². The lowest BCUT2D eigenvalue weighted by atomic mass is 10.1. The minimum Gasteiger partial charge on any atom is -0.497 e. The second-order valence-electron chi connectivity index (χ2n) is 7.71. The van der Waals surface area contributed by atoms with E-state index < -0.39 is 5.92 Å². The topological polar surface area (TPSA) is 88.8 Å². The van der Waals surface area contributed by atoms with Crippen LogP contribution in [0.4, 0.5) is 11.6 Å². The van der Waals surface area contributed by atoms with Crippen LogP contribution in [0.2, 0.25) is 0 Å². The Morgan fingerprint density at radius 3 is 2.62 bits per heavy atom. The fraction of sp³-hybridized carbons (Fsp3) is 0.217. The maximum absolute atomic E-state index is 12.8. The molecule has 9 heteroatoms. The van der Waals surface area contributed by atoms with E-state index >= 15 is 0 Å². The molecule has 3 heterocycles. The number of carbonyl (C=O) groups excluding carboxylic acids is 2. The van der Waals surface area contributed by atoms with E-state index in [1.807, 2.05) is 48.7 Å². The highest BCUT2D eigenvalue weighted by molar-refractivity contribution is 7.15. The van der Waals surface area contributed by atoms with Crippen molar-refractivity contribution in [3.8, 4) is 17.0 Å². The van der Waals surface area contributed by atoms with Gasteiger partial charge in [-0.3, -0.25) is 14.9 Å². The largest absolute Gasteiger partial charge is 0.497 e. The average Bonchev–Trinajstić information content (AvgIpc) is 3.49. The number of aromatic nitrogens is 3. The van der Waals surface area contributed by atoms with Crippen molar-refractivity contribution >= 4 is 39.7 Å². The molecule has 0 spiro atoms. The summed E-state index contributed by atoms with van der Waals surface area (Å²) in [6.45, 7) is 2.35. The Hall–Kier alpha value is -3.72. The number of fused-ring (bicyclic) bond motifs is 1. The molecule has 5 rings (SSSR count). The van der Waals surface area contributed by atoms with E-state index in [-0.39, 0.29) is 24.2 Å². The van der Waals surface area contributed by atoms with Crippen LogP contribution in [0.1, 0.15) is 12.0 Å². The number of amides is 2. The lowest BCUT2D eigenvalue weighted by Crippen LogP contribution is -2.28. The van der Waals surface area contributed by atoms with Gasteiger partial charge in [0.1, 0.15) is 5.75 Å². The lowest BCUT2D eigenvalue weighted by Gasteiger charge is -2.16. The molecule has 162 valence electrons.